The van der Waals surface area contributed by atoms with Crippen LogP contribution in [0, 0.1) is 0 Å². The molecule has 2 aromatic carbocycles. The van der Waals surface area contributed by atoms with Crippen LogP contribution in [0.25, 0.3) is 0 Å². The first-order valence-electron chi connectivity index (χ1n) is 7.17. The standard InChI is InChI=1S/C17H20N2O4/c1-21-14-6-3-5-13(11-14)19-17(20)18-9-10-23-16-8-4-7-15(12-16)22-2/h3-8,11-12H,9-10H2,1-2H3,(H2,18,19,20). The highest BCUT2D eigenvalue weighted by Gasteiger charge is 2.02. The van der Waals surface area contributed by atoms with E-state index in [0.29, 0.717) is 30.3 Å². The molecule has 0 aliphatic heterocycles. The number of anilines is 1. The van der Waals surface area contributed by atoms with Gasteiger partial charge in [-0.05, 0) is 24.3 Å². The summed E-state index contributed by atoms with van der Waals surface area (Å²) in [4.78, 5) is 11.8. The molecule has 0 bridgehead atoms. The predicted octanol–water partition coefficient (Wildman–Crippen LogP) is 2.90. The molecule has 122 valence electrons. The Morgan fingerprint density at radius 2 is 1.61 bits per heavy atom. The Kier molecular flexibility index (Phi) is 6.11. The van der Waals surface area contributed by atoms with E-state index in [-0.39, 0.29) is 6.03 Å². The van der Waals surface area contributed by atoms with Gasteiger partial charge in [0.25, 0.3) is 0 Å². The monoisotopic (exact) mass is 316 g/mol. The first-order chi connectivity index (χ1) is 11.2. The van der Waals surface area contributed by atoms with Crippen molar-refractivity contribution >= 4 is 11.7 Å². The summed E-state index contributed by atoms with van der Waals surface area (Å²) in [6.45, 7) is 0.742. The molecule has 0 aliphatic rings. The van der Waals surface area contributed by atoms with Crippen LogP contribution in [-0.4, -0.2) is 33.4 Å². The van der Waals surface area contributed by atoms with Gasteiger partial charge in [0.1, 0.15) is 23.9 Å². The number of rotatable bonds is 7. The normalized spacial score (nSPS) is 9.83. The lowest BCUT2D eigenvalue weighted by atomic mass is 10.3. The van der Waals surface area contributed by atoms with Crippen molar-refractivity contribution in [1.29, 1.82) is 0 Å². The fourth-order valence-corrected chi connectivity index (χ4v) is 1.90. The Balaban J connectivity index is 1.72. The van der Waals surface area contributed by atoms with E-state index in [1.165, 1.54) is 0 Å². The van der Waals surface area contributed by atoms with E-state index in [4.69, 9.17) is 14.2 Å². The number of hydrogen-bond acceptors (Lipinski definition) is 4. The lowest BCUT2D eigenvalue weighted by Gasteiger charge is -2.10. The highest BCUT2D eigenvalue weighted by atomic mass is 16.5. The van der Waals surface area contributed by atoms with Gasteiger partial charge in [0.05, 0.1) is 20.8 Å². The largest absolute Gasteiger partial charge is 0.497 e. The number of hydrogen-bond donors (Lipinski definition) is 2. The SMILES string of the molecule is COc1cccc(NC(=O)NCCOc2cccc(OC)c2)c1. The summed E-state index contributed by atoms with van der Waals surface area (Å²) in [6.07, 6.45) is 0. The fraction of sp³-hybridized carbons (Fsp3) is 0.235. The molecule has 0 spiro atoms. The second kappa shape index (κ2) is 8.53. The van der Waals surface area contributed by atoms with Crippen LogP contribution >= 0.6 is 0 Å². The van der Waals surface area contributed by atoms with Crippen molar-refractivity contribution in [3.05, 3.63) is 48.5 Å². The summed E-state index contributed by atoms with van der Waals surface area (Å²) < 4.78 is 15.8. The van der Waals surface area contributed by atoms with Crippen LogP contribution in [-0.2, 0) is 0 Å². The molecular weight excluding hydrogens is 296 g/mol. The third-order valence-electron chi connectivity index (χ3n) is 3.03. The number of methoxy groups -OCH3 is 2. The molecule has 0 heterocycles. The fourth-order valence-electron chi connectivity index (χ4n) is 1.90. The topological polar surface area (TPSA) is 68.8 Å². The van der Waals surface area contributed by atoms with Crippen molar-refractivity contribution in [3.63, 3.8) is 0 Å². The molecule has 0 aromatic heterocycles. The second-order valence-electron chi connectivity index (χ2n) is 4.64. The van der Waals surface area contributed by atoms with Crippen molar-refractivity contribution in [2.75, 3.05) is 32.7 Å². The zero-order chi connectivity index (χ0) is 16.5. The maximum Gasteiger partial charge on any atom is 0.319 e. The van der Waals surface area contributed by atoms with Gasteiger partial charge in [-0.15, -0.1) is 0 Å². The zero-order valence-electron chi connectivity index (χ0n) is 13.2. The molecule has 2 amide bonds. The number of urea groups is 1. The minimum Gasteiger partial charge on any atom is -0.497 e. The van der Waals surface area contributed by atoms with E-state index in [2.05, 4.69) is 10.6 Å². The average Bonchev–Trinajstić information content (AvgIpc) is 2.59. The van der Waals surface area contributed by atoms with Gasteiger partial charge < -0.3 is 24.8 Å². The summed E-state index contributed by atoms with van der Waals surface area (Å²) >= 11 is 0. The number of ether oxygens (including phenoxy) is 3. The third kappa shape index (κ3) is 5.43. The Bertz CT molecular complexity index is 646. The van der Waals surface area contributed by atoms with Gasteiger partial charge in [-0.1, -0.05) is 12.1 Å². The molecule has 6 nitrogen and oxygen atoms in total. The van der Waals surface area contributed by atoms with E-state index in [0.717, 1.165) is 5.75 Å². The van der Waals surface area contributed by atoms with Crippen molar-refractivity contribution in [2.45, 2.75) is 0 Å². The molecule has 23 heavy (non-hydrogen) atoms. The zero-order valence-corrected chi connectivity index (χ0v) is 13.2. The lowest BCUT2D eigenvalue weighted by molar-refractivity contribution is 0.247. The number of nitrogens with one attached hydrogen (secondary N) is 2. The first-order valence-corrected chi connectivity index (χ1v) is 7.17. The quantitative estimate of drug-likeness (QED) is 0.771. The van der Waals surface area contributed by atoms with Gasteiger partial charge in [-0.25, -0.2) is 4.79 Å². The van der Waals surface area contributed by atoms with Crippen LogP contribution in [0.1, 0.15) is 0 Å². The van der Waals surface area contributed by atoms with E-state index in [1.54, 1.807) is 38.5 Å². The van der Waals surface area contributed by atoms with E-state index in [1.807, 2.05) is 24.3 Å². The summed E-state index contributed by atoms with van der Waals surface area (Å²) in [5.41, 5.74) is 0.663. The summed E-state index contributed by atoms with van der Waals surface area (Å²) in [5.74, 6) is 2.11. The molecule has 2 N–H and O–H groups in total. The van der Waals surface area contributed by atoms with Crippen molar-refractivity contribution in [2.24, 2.45) is 0 Å². The number of carbonyl (C=O) groups excluding carboxylic acids is 1. The molecule has 0 radical (unpaired) electrons. The maximum atomic E-state index is 11.8. The number of benzene rings is 2. The molecule has 0 unspecified atom stereocenters. The number of carbonyl (C=O) groups is 1. The summed E-state index contributed by atoms with van der Waals surface area (Å²) in [6, 6.07) is 14.2. The Labute approximate surface area is 135 Å². The van der Waals surface area contributed by atoms with Gasteiger partial charge in [-0.2, -0.15) is 0 Å². The Morgan fingerprint density at radius 1 is 0.957 bits per heavy atom. The molecule has 2 aromatic rings. The smallest absolute Gasteiger partial charge is 0.319 e. The van der Waals surface area contributed by atoms with Gasteiger partial charge in [-0.3, -0.25) is 0 Å². The average molecular weight is 316 g/mol. The minimum absolute atomic E-state index is 0.299. The van der Waals surface area contributed by atoms with Gasteiger partial charge in [0.2, 0.25) is 0 Å². The molecule has 0 saturated heterocycles. The predicted molar refractivity (Wildman–Crippen MR) is 88.5 cm³/mol. The Morgan fingerprint density at radius 3 is 2.35 bits per heavy atom. The van der Waals surface area contributed by atoms with Crippen LogP contribution < -0.4 is 24.8 Å². The van der Waals surface area contributed by atoms with Crippen LogP contribution in [0.4, 0.5) is 10.5 Å². The lowest BCUT2D eigenvalue weighted by Crippen LogP contribution is -2.32. The van der Waals surface area contributed by atoms with E-state index in [9.17, 15) is 4.79 Å². The van der Waals surface area contributed by atoms with Crippen LogP contribution in [0.5, 0.6) is 17.2 Å². The van der Waals surface area contributed by atoms with Crippen molar-refractivity contribution in [3.8, 4) is 17.2 Å². The molecule has 0 aliphatic carbocycles. The summed E-state index contributed by atoms with van der Waals surface area (Å²) in [7, 11) is 3.18. The first kappa shape index (κ1) is 16.5. The maximum absolute atomic E-state index is 11.8. The molecule has 0 fully saturated rings. The Hall–Kier alpha value is -2.89. The van der Waals surface area contributed by atoms with E-state index >= 15 is 0 Å². The van der Waals surface area contributed by atoms with Gasteiger partial charge in [0, 0.05) is 17.8 Å². The molecule has 6 heteroatoms. The van der Waals surface area contributed by atoms with Crippen molar-refractivity contribution < 1.29 is 19.0 Å². The summed E-state index contributed by atoms with van der Waals surface area (Å²) in [5, 5.41) is 5.45. The second-order valence-corrected chi connectivity index (χ2v) is 4.64. The van der Waals surface area contributed by atoms with Gasteiger partial charge >= 0.3 is 6.03 Å². The molecular formula is C17H20N2O4. The highest BCUT2D eigenvalue weighted by Crippen LogP contribution is 2.18. The number of amides is 2. The molecule has 2 rings (SSSR count). The molecule has 0 atom stereocenters. The van der Waals surface area contributed by atoms with Crippen LogP contribution in [0.3, 0.4) is 0 Å². The minimum atomic E-state index is -0.299. The van der Waals surface area contributed by atoms with Crippen LogP contribution in [0.2, 0.25) is 0 Å². The highest BCUT2D eigenvalue weighted by molar-refractivity contribution is 5.89. The molecule has 0 saturated carbocycles. The van der Waals surface area contributed by atoms with Crippen molar-refractivity contribution in [1.82, 2.24) is 5.32 Å². The third-order valence-corrected chi connectivity index (χ3v) is 3.03. The van der Waals surface area contributed by atoms with Crippen LogP contribution in [0.15, 0.2) is 48.5 Å². The van der Waals surface area contributed by atoms with E-state index < -0.39 is 0 Å². The van der Waals surface area contributed by atoms with Gasteiger partial charge in [0.15, 0.2) is 0 Å².